The van der Waals surface area contributed by atoms with Gasteiger partial charge in [0, 0.05) is 20.0 Å². The zero-order chi connectivity index (χ0) is 20.1. The number of imide groups is 1. The second-order valence-electron chi connectivity index (χ2n) is 6.53. The predicted molar refractivity (Wildman–Crippen MR) is 101 cm³/mol. The van der Waals surface area contributed by atoms with Crippen molar-refractivity contribution in [3.63, 3.8) is 0 Å². The lowest BCUT2D eigenvalue weighted by Crippen LogP contribution is -2.33. The van der Waals surface area contributed by atoms with Crippen LogP contribution in [-0.2, 0) is 4.79 Å². The van der Waals surface area contributed by atoms with Gasteiger partial charge in [-0.3, -0.25) is 19.3 Å². The summed E-state index contributed by atoms with van der Waals surface area (Å²) < 4.78 is 18.3. The second-order valence-corrected chi connectivity index (χ2v) is 6.53. The van der Waals surface area contributed by atoms with E-state index in [4.69, 9.17) is 4.74 Å². The van der Waals surface area contributed by atoms with Gasteiger partial charge in [0.25, 0.3) is 11.8 Å². The Morgan fingerprint density at radius 2 is 1.64 bits per heavy atom. The van der Waals surface area contributed by atoms with Crippen molar-refractivity contribution in [2.75, 3.05) is 26.7 Å². The van der Waals surface area contributed by atoms with E-state index in [0.29, 0.717) is 29.8 Å². The van der Waals surface area contributed by atoms with Gasteiger partial charge in [-0.2, -0.15) is 0 Å². The molecule has 146 valence electrons. The predicted octanol–water partition coefficient (Wildman–Crippen LogP) is 2.74. The lowest BCUT2D eigenvalue weighted by Gasteiger charge is -2.18. The first-order valence-electron chi connectivity index (χ1n) is 9.05. The average molecular weight is 384 g/mol. The summed E-state index contributed by atoms with van der Waals surface area (Å²) in [6, 6.07) is 12.4. The number of likely N-dealkylation sites (N-methyl/N-ethyl adjacent to an activating group) is 1. The lowest BCUT2D eigenvalue weighted by atomic mass is 10.1. The van der Waals surface area contributed by atoms with Gasteiger partial charge in [0.15, 0.2) is 0 Å². The quantitative estimate of drug-likeness (QED) is 0.657. The summed E-state index contributed by atoms with van der Waals surface area (Å²) in [5, 5.41) is 0. The minimum absolute atomic E-state index is 0.0979. The molecule has 1 heterocycles. The Morgan fingerprint density at radius 3 is 2.25 bits per heavy atom. The molecule has 0 spiro atoms. The van der Waals surface area contributed by atoms with Gasteiger partial charge in [-0.15, -0.1) is 0 Å². The molecule has 6 nitrogen and oxygen atoms in total. The maximum absolute atomic E-state index is 12.8. The molecule has 0 radical (unpaired) electrons. The van der Waals surface area contributed by atoms with Crippen LogP contribution in [0.25, 0.3) is 0 Å². The van der Waals surface area contributed by atoms with Gasteiger partial charge in [0.2, 0.25) is 5.91 Å². The zero-order valence-corrected chi connectivity index (χ0v) is 15.6. The summed E-state index contributed by atoms with van der Waals surface area (Å²) in [5.41, 5.74) is 0.822. The second kappa shape index (κ2) is 8.65. The van der Waals surface area contributed by atoms with Crippen LogP contribution in [0.2, 0.25) is 0 Å². The van der Waals surface area contributed by atoms with Crippen LogP contribution in [0.15, 0.2) is 48.5 Å². The van der Waals surface area contributed by atoms with Gasteiger partial charge >= 0.3 is 0 Å². The van der Waals surface area contributed by atoms with Gasteiger partial charge in [-0.05, 0) is 42.8 Å². The highest BCUT2D eigenvalue weighted by atomic mass is 19.1. The molecule has 0 atom stereocenters. The third-order valence-electron chi connectivity index (χ3n) is 4.59. The van der Waals surface area contributed by atoms with Gasteiger partial charge in [0.05, 0.1) is 17.7 Å². The number of hydrogen-bond acceptors (Lipinski definition) is 4. The summed E-state index contributed by atoms with van der Waals surface area (Å²) >= 11 is 0. The molecule has 0 bridgehead atoms. The van der Waals surface area contributed by atoms with Crippen LogP contribution >= 0.6 is 0 Å². The molecule has 28 heavy (non-hydrogen) atoms. The number of hydrogen-bond donors (Lipinski definition) is 0. The molecule has 7 heteroatoms. The van der Waals surface area contributed by atoms with Crippen molar-refractivity contribution >= 4 is 17.7 Å². The topological polar surface area (TPSA) is 66.9 Å². The van der Waals surface area contributed by atoms with Gasteiger partial charge in [-0.25, -0.2) is 4.39 Å². The van der Waals surface area contributed by atoms with E-state index in [9.17, 15) is 18.8 Å². The van der Waals surface area contributed by atoms with Gasteiger partial charge in [-0.1, -0.05) is 12.1 Å². The van der Waals surface area contributed by atoms with Crippen LogP contribution in [0.4, 0.5) is 4.39 Å². The molecular weight excluding hydrogens is 363 g/mol. The molecule has 0 fully saturated rings. The van der Waals surface area contributed by atoms with E-state index in [-0.39, 0.29) is 43.1 Å². The fourth-order valence-corrected chi connectivity index (χ4v) is 2.98. The van der Waals surface area contributed by atoms with E-state index in [1.54, 1.807) is 31.3 Å². The summed E-state index contributed by atoms with van der Waals surface area (Å²) in [6.07, 6.45) is 0.619. The molecular formula is C21H21FN2O4. The van der Waals surface area contributed by atoms with Crippen LogP contribution in [0.3, 0.4) is 0 Å². The lowest BCUT2D eigenvalue weighted by molar-refractivity contribution is -0.130. The molecule has 0 aliphatic carbocycles. The van der Waals surface area contributed by atoms with Crippen molar-refractivity contribution in [3.05, 3.63) is 65.5 Å². The summed E-state index contributed by atoms with van der Waals surface area (Å²) in [7, 11) is 1.67. The molecule has 3 amide bonds. The molecule has 0 N–H and O–H groups in total. The Hall–Kier alpha value is -3.22. The van der Waals surface area contributed by atoms with Crippen LogP contribution in [0.1, 0.15) is 33.6 Å². The number of halogens is 1. The van der Waals surface area contributed by atoms with Crippen molar-refractivity contribution in [1.29, 1.82) is 0 Å². The first kappa shape index (κ1) is 19.5. The van der Waals surface area contributed by atoms with Crippen LogP contribution in [0, 0.1) is 5.82 Å². The summed E-state index contributed by atoms with van der Waals surface area (Å²) in [6.45, 7) is 0.869. The number of carbonyl (C=O) groups is 3. The monoisotopic (exact) mass is 384 g/mol. The van der Waals surface area contributed by atoms with E-state index < -0.39 is 0 Å². The number of benzene rings is 2. The van der Waals surface area contributed by atoms with E-state index in [0.717, 1.165) is 0 Å². The Labute approximate surface area is 162 Å². The van der Waals surface area contributed by atoms with Crippen molar-refractivity contribution < 1.29 is 23.5 Å². The van der Waals surface area contributed by atoms with Crippen molar-refractivity contribution in [1.82, 2.24) is 9.80 Å². The van der Waals surface area contributed by atoms with Gasteiger partial charge < -0.3 is 9.64 Å². The number of ether oxygens (including phenoxy) is 1. The number of rotatable bonds is 8. The Bertz CT molecular complexity index is 847. The number of amides is 3. The third kappa shape index (κ3) is 4.36. The maximum atomic E-state index is 12.8. The molecule has 2 aromatic carbocycles. The molecule has 0 saturated carbocycles. The third-order valence-corrected chi connectivity index (χ3v) is 4.59. The number of fused-ring (bicyclic) bond motifs is 1. The Balaban J connectivity index is 1.40. The highest BCUT2D eigenvalue weighted by Gasteiger charge is 2.34. The summed E-state index contributed by atoms with van der Waals surface area (Å²) in [5.74, 6) is -0.520. The normalized spacial score (nSPS) is 12.9. The fourth-order valence-electron chi connectivity index (χ4n) is 2.98. The standard InChI is InChI=1S/C21H21FN2O4/c1-23(13-14-28-16-10-8-15(22)9-11-16)19(25)7-4-12-24-20(26)17-5-2-3-6-18(17)21(24)27/h2-3,5-6,8-11H,4,7,12-14H2,1H3. The smallest absolute Gasteiger partial charge is 0.261 e. The first-order valence-corrected chi connectivity index (χ1v) is 9.05. The van der Waals surface area contributed by atoms with E-state index >= 15 is 0 Å². The van der Waals surface area contributed by atoms with Crippen molar-refractivity contribution in [3.8, 4) is 5.75 Å². The first-order chi connectivity index (χ1) is 13.5. The van der Waals surface area contributed by atoms with Crippen LogP contribution < -0.4 is 4.74 Å². The molecule has 3 rings (SSSR count). The highest BCUT2D eigenvalue weighted by Crippen LogP contribution is 2.22. The largest absolute Gasteiger partial charge is 0.492 e. The van der Waals surface area contributed by atoms with Crippen LogP contribution in [-0.4, -0.2) is 54.3 Å². The van der Waals surface area contributed by atoms with E-state index in [2.05, 4.69) is 0 Å². The Morgan fingerprint density at radius 1 is 1.04 bits per heavy atom. The van der Waals surface area contributed by atoms with Crippen LogP contribution in [0.5, 0.6) is 5.75 Å². The SMILES string of the molecule is CN(CCOc1ccc(F)cc1)C(=O)CCCN1C(=O)c2ccccc2C1=O. The molecule has 0 saturated heterocycles. The zero-order valence-electron chi connectivity index (χ0n) is 15.6. The maximum Gasteiger partial charge on any atom is 0.261 e. The highest BCUT2D eigenvalue weighted by molar-refractivity contribution is 6.21. The molecule has 1 aliphatic rings. The fraction of sp³-hybridized carbons (Fsp3) is 0.286. The van der Waals surface area contributed by atoms with E-state index in [1.807, 2.05) is 0 Å². The molecule has 0 aromatic heterocycles. The minimum atomic E-state index is -0.335. The molecule has 2 aromatic rings. The number of carbonyl (C=O) groups excluding carboxylic acids is 3. The molecule has 0 unspecified atom stereocenters. The number of nitrogens with zero attached hydrogens (tertiary/aromatic N) is 2. The van der Waals surface area contributed by atoms with Gasteiger partial charge in [0.1, 0.15) is 18.2 Å². The average Bonchev–Trinajstić information content (AvgIpc) is 2.94. The molecule has 1 aliphatic heterocycles. The Kier molecular flexibility index (Phi) is 6.03. The summed E-state index contributed by atoms with van der Waals surface area (Å²) in [4.78, 5) is 39.5. The van der Waals surface area contributed by atoms with E-state index in [1.165, 1.54) is 34.1 Å². The minimum Gasteiger partial charge on any atom is -0.492 e. The van der Waals surface area contributed by atoms with Crippen molar-refractivity contribution in [2.24, 2.45) is 0 Å². The van der Waals surface area contributed by atoms with Crippen molar-refractivity contribution in [2.45, 2.75) is 12.8 Å².